The van der Waals surface area contributed by atoms with Crippen LogP contribution in [0.1, 0.15) is 42.3 Å². The minimum Gasteiger partial charge on any atom is -0.379 e. The standard InChI is InChI=1S/C19H26F2N4/c1-2-3-18-10-17(24-25(18)12-19(20)21)11-23-16-7-5-13-8-15(22)6-4-14(13)9-16/h5,7,9-10,15,19,23H,2-4,6,8,11-12,22H2,1H3. The van der Waals surface area contributed by atoms with E-state index in [9.17, 15) is 8.78 Å². The van der Waals surface area contributed by atoms with E-state index in [0.29, 0.717) is 6.54 Å². The van der Waals surface area contributed by atoms with Gasteiger partial charge in [0.15, 0.2) is 0 Å². The second-order valence-electron chi connectivity index (χ2n) is 6.79. The summed E-state index contributed by atoms with van der Waals surface area (Å²) in [6, 6.07) is 8.55. The van der Waals surface area contributed by atoms with Crippen molar-refractivity contribution >= 4 is 5.69 Å². The smallest absolute Gasteiger partial charge is 0.257 e. The molecule has 3 N–H and O–H groups in total. The molecule has 1 atom stereocenters. The summed E-state index contributed by atoms with van der Waals surface area (Å²) in [5.74, 6) is 0. The van der Waals surface area contributed by atoms with Gasteiger partial charge in [0, 0.05) is 17.4 Å². The van der Waals surface area contributed by atoms with Gasteiger partial charge in [-0.1, -0.05) is 19.4 Å². The van der Waals surface area contributed by atoms with Crippen molar-refractivity contribution in [3.05, 3.63) is 46.8 Å². The van der Waals surface area contributed by atoms with Crippen molar-refractivity contribution in [2.45, 2.75) is 64.6 Å². The molecule has 136 valence electrons. The fourth-order valence-corrected chi connectivity index (χ4v) is 3.43. The van der Waals surface area contributed by atoms with Crippen molar-refractivity contribution in [3.63, 3.8) is 0 Å². The summed E-state index contributed by atoms with van der Waals surface area (Å²) in [5, 5.41) is 7.70. The number of halogens is 2. The summed E-state index contributed by atoms with van der Waals surface area (Å²) in [6.45, 7) is 2.23. The van der Waals surface area contributed by atoms with Crippen LogP contribution in [0.25, 0.3) is 0 Å². The number of aryl methyl sites for hydroxylation is 2. The Balaban J connectivity index is 1.67. The van der Waals surface area contributed by atoms with Gasteiger partial charge in [-0.2, -0.15) is 5.10 Å². The molecule has 2 aromatic rings. The molecule has 1 aliphatic carbocycles. The third-order valence-corrected chi connectivity index (χ3v) is 4.68. The lowest BCUT2D eigenvalue weighted by molar-refractivity contribution is 0.120. The molecule has 1 aliphatic rings. The summed E-state index contributed by atoms with van der Waals surface area (Å²) in [4.78, 5) is 0. The van der Waals surface area contributed by atoms with Gasteiger partial charge < -0.3 is 11.1 Å². The maximum absolute atomic E-state index is 12.7. The normalized spacial score (nSPS) is 16.9. The number of nitrogens with two attached hydrogens (primary N) is 1. The van der Waals surface area contributed by atoms with E-state index < -0.39 is 6.43 Å². The van der Waals surface area contributed by atoms with Crippen LogP contribution in [-0.2, 0) is 32.4 Å². The number of hydrogen-bond donors (Lipinski definition) is 2. The van der Waals surface area contributed by atoms with Crippen LogP contribution in [0, 0.1) is 0 Å². The molecule has 0 bridgehead atoms. The van der Waals surface area contributed by atoms with Gasteiger partial charge in [0.2, 0.25) is 0 Å². The number of nitrogens with zero attached hydrogens (tertiary/aromatic N) is 2. The number of anilines is 1. The highest BCUT2D eigenvalue weighted by molar-refractivity contribution is 5.50. The van der Waals surface area contributed by atoms with Gasteiger partial charge in [0.1, 0.15) is 6.54 Å². The Bertz CT molecular complexity index is 711. The highest BCUT2D eigenvalue weighted by Gasteiger charge is 2.16. The fourth-order valence-electron chi connectivity index (χ4n) is 3.43. The van der Waals surface area contributed by atoms with E-state index in [2.05, 4.69) is 28.6 Å². The van der Waals surface area contributed by atoms with E-state index >= 15 is 0 Å². The number of aromatic nitrogens is 2. The minimum atomic E-state index is -2.39. The zero-order valence-corrected chi connectivity index (χ0v) is 14.6. The molecule has 0 fully saturated rings. The molecule has 0 amide bonds. The van der Waals surface area contributed by atoms with E-state index in [4.69, 9.17) is 5.73 Å². The first-order valence-corrected chi connectivity index (χ1v) is 9.00. The topological polar surface area (TPSA) is 55.9 Å². The van der Waals surface area contributed by atoms with Gasteiger partial charge in [-0.15, -0.1) is 0 Å². The van der Waals surface area contributed by atoms with E-state index in [0.717, 1.165) is 49.2 Å². The fraction of sp³-hybridized carbons (Fsp3) is 0.526. The number of rotatable bonds is 7. The monoisotopic (exact) mass is 348 g/mol. The highest BCUT2D eigenvalue weighted by atomic mass is 19.3. The van der Waals surface area contributed by atoms with Crippen LogP contribution in [0.5, 0.6) is 0 Å². The van der Waals surface area contributed by atoms with Gasteiger partial charge in [-0.05, 0) is 55.0 Å². The molecular formula is C19H26F2N4. The van der Waals surface area contributed by atoms with Crippen molar-refractivity contribution in [3.8, 4) is 0 Å². The summed E-state index contributed by atoms with van der Waals surface area (Å²) >= 11 is 0. The molecule has 1 heterocycles. The predicted octanol–water partition coefficient (Wildman–Crippen LogP) is 3.53. The van der Waals surface area contributed by atoms with Crippen molar-refractivity contribution in [1.82, 2.24) is 9.78 Å². The Morgan fingerprint density at radius 1 is 1.32 bits per heavy atom. The van der Waals surface area contributed by atoms with Crippen LogP contribution >= 0.6 is 0 Å². The molecule has 0 radical (unpaired) electrons. The molecule has 1 aromatic heterocycles. The Hall–Kier alpha value is -1.95. The molecule has 0 spiro atoms. The Morgan fingerprint density at radius 3 is 2.92 bits per heavy atom. The van der Waals surface area contributed by atoms with Crippen molar-refractivity contribution in [2.75, 3.05) is 5.32 Å². The average molecular weight is 348 g/mol. The highest BCUT2D eigenvalue weighted by Crippen LogP contribution is 2.24. The second kappa shape index (κ2) is 7.95. The molecule has 0 saturated carbocycles. The Kier molecular flexibility index (Phi) is 5.68. The molecule has 1 aromatic carbocycles. The van der Waals surface area contributed by atoms with Gasteiger partial charge in [-0.3, -0.25) is 4.68 Å². The molecule has 25 heavy (non-hydrogen) atoms. The summed E-state index contributed by atoms with van der Waals surface area (Å²) in [5.41, 5.74) is 11.4. The number of hydrogen-bond acceptors (Lipinski definition) is 3. The number of alkyl halides is 2. The molecule has 6 heteroatoms. The maximum Gasteiger partial charge on any atom is 0.257 e. The lowest BCUT2D eigenvalue weighted by atomic mass is 9.88. The van der Waals surface area contributed by atoms with E-state index in [1.807, 2.05) is 13.0 Å². The van der Waals surface area contributed by atoms with Crippen LogP contribution in [0.3, 0.4) is 0 Å². The second-order valence-corrected chi connectivity index (χ2v) is 6.79. The maximum atomic E-state index is 12.7. The summed E-state index contributed by atoms with van der Waals surface area (Å²) in [7, 11) is 0. The molecule has 1 unspecified atom stereocenters. The first-order chi connectivity index (χ1) is 12.0. The van der Waals surface area contributed by atoms with Crippen LogP contribution in [0.2, 0.25) is 0 Å². The van der Waals surface area contributed by atoms with Crippen LogP contribution in [-0.4, -0.2) is 22.2 Å². The SMILES string of the molecule is CCCc1cc(CNc2ccc3c(c2)CCC(N)C3)nn1CC(F)F. The summed E-state index contributed by atoms with van der Waals surface area (Å²) < 4.78 is 26.9. The Morgan fingerprint density at radius 2 is 2.16 bits per heavy atom. The molecule has 4 nitrogen and oxygen atoms in total. The zero-order chi connectivity index (χ0) is 17.8. The van der Waals surface area contributed by atoms with Gasteiger partial charge >= 0.3 is 0 Å². The molecule has 0 aliphatic heterocycles. The number of nitrogens with one attached hydrogen (secondary N) is 1. The first kappa shape index (κ1) is 17.9. The number of benzene rings is 1. The van der Waals surface area contributed by atoms with Crippen LogP contribution in [0.15, 0.2) is 24.3 Å². The lowest BCUT2D eigenvalue weighted by Crippen LogP contribution is -2.27. The lowest BCUT2D eigenvalue weighted by Gasteiger charge is -2.22. The van der Waals surface area contributed by atoms with Crippen LogP contribution < -0.4 is 11.1 Å². The zero-order valence-electron chi connectivity index (χ0n) is 14.6. The third-order valence-electron chi connectivity index (χ3n) is 4.68. The van der Waals surface area contributed by atoms with E-state index in [1.165, 1.54) is 15.8 Å². The van der Waals surface area contributed by atoms with Gasteiger partial charge in [0.05, 0.1) is 12.2 Å². The average Bonchev–Trinajstić information content (AvgIpc) is 2.94. The van der Waals surface area contributed by atoms with E-state index in [1.54, 1.807) is 0 Å². The minimum absolute atomic E-state index is 0.266. The van der Waals surface area contributed by atoms with Gasteiger partial charge in [-0.25, -0.2) is 8.78 Å². The molecule has 3 rings (SSSR count). The van der Waals surface area contributed by atoms with Crippen molar-refractivity contribution in [1.29, 1.82) is 0 Å². The largest absolute Gasteiger partial charge is 0.379 e. The van der Waals surface area contributed by atoms with Crippen LogP contribution in [0.4, 0.5) is 14.5 Å². The van der Waals surface area contributed by atoms with E-state index in [-0.39, 0.29) is 12.6 Å². The van der Waals surface area contributed by atoms with Crippen molar-refractivity contribution in [2.24, 2.45) is 5.73 Å². The Labute approximate surface area is 147 Å². The molecular weight excluding hydrogens is 322 g/mol. The van der Waals surface area contributed by atoms with Crippen molar-refractivity contribution < 1.29 is 8.78 Å². The predicted molar refractivity (Wildman–Crippen MR) is 96.0 cm³/mol. The number of fused-ring (bicyclic) bond motifs is 1. The first-order valence-electron chi connectivity index (χ1n) is 9.00. The summed E-state index contributed by atoms with van der Waals surface area (Å²) in [6.07, 6.45) is 2.26. The quantitative estimate of drug-likeness (QED) is 0.805. The van der Waals surface area contributed by atoms with Gasteiger partial charge in [0.25, 0.3) is 6.43 Å². The molecule has 0 saturated heterocycles. The third kappa shape index (κ3) is 4.57.